The highest BCUT2D eigenvalue weighted by Crippen LogP contribution is 2.49. The maximum absolute atomic E-state index is 17.1. The van der Waals surface area contributed by atoms with Gasteiger partial charge in [-0.05, 0) is 49.9 Å². The second-order valence-electron chi connectivity index (χ2n) is 13.8. The zero-order valence-electron chi connectivity index (χ0n) is 26.7. The van der Waals surface area contributed by atoms with Crippen molar-refractivity contribution in [1.82, 2.24) is 20.2 Å². The predicted molar refractivity (Wildman–Crippen MR) is 174 cm³/mol. The lowest BCUT2D eigenvalue weighted by atomic mass is 9.92. The largest absolute Gasteiger partial charge is 0.461 e. The minimum Gasteiger partial charge on any atom is -0.461 e. The number of ether oxygens (including phenoxy) is 1. The van der Waals surface area contributed by atoms with E-state index in [0.29, 0.717) is 43.2 Å². The summed E-state index contributed by atoms with van der Waals surface area (Å²) in [6.07, 6.45) is -5.00. The number of nitrogens with two attached hydrogens (primary N) is 1. The van der Waals surface area contributed by atoms with Crippen molar-refractivity contribution < 1.29 is 39.9 Å². The van der Waals surface area contributed by atoms with Crippen molar-refractivity contribution in [1.29, 1.82) is 5.26 Å². The molecule has 0 amide bonds. The van der Waals surface area contributed by atoms with E-state index in [9.17, 15) is 22.8 Å². The summed E-state index contributed by atoms with van der Waals surface area (Å²) < 4.78 is 125. The first-order valence-corrected chi connectivity index (χ1v) is 17.1. The van der Waals surface area contributed by atoms with E-state index in [1.54, 1.807) is 6.07 Å². The normalized spacial score (nSPS) is 26.2. The molecule has 3 N–H and O–H groups in total. The highest BCUT2D eigenvalue weighted by atomic mass is 32.1. The SMILES string of the molecule is N#Cc1c(N)sc2c(F)ccc(-c3c(C(F)(F)F)cc4c(N5CC6CCC(C=C(F)F)(C5)N6)nc(OC[C@@]56CCCN5C[C@H](F)C6)nc4c3F)c12. The van der Waals surface area contributed by atoms with E-state index in [1.807, 2.05) is 4.90 Å². The number of nitrogen functional groups attached to an aromatic ring is 1. The molecule has 2 aromatic carbocycles. The van der Waals surface area contributed by atoms with Gasteiger partial charge in [0.15, 0.2) is 5.82 Å². The van der Waals surface area contributed by atoms with Crippen LogP contribution in [0.1, 0.15) is 43.2 Å². The van der Waals surface area contributed by atoms with Gasteiger partial charge in [0.25, 0.3) is 6.08 Å². The molecule has 4 aromatic rings. The first kappa shape index (κ1) is 33.9. The van der Waals surface area contributed by atoms with Gasteiger partial charge in [-0.15, -0.1) is 11.3 Å². The van der Waals surface area contributed by atoms with Gasteiger partial charge in [0, 0.05) is 54.5 Å². The maximum atomic E-state index is 17.1. The smallest absolute Gasteiger partial charge is 0.417 e. The monoisotopic (exact) mass is 735 g/mol. The molecular formula is C34H29F8N7OS. The lowest BCUT2D eigenvalue weighted by Crippen LogP contribution is -2.59. The van der Waals surface area contributed by atoms with Gasteiger partial charge in [-0.25, -0.2) is 13.2 Å². The minimum absolute atomic E-state index is 0.0737. The van der Waals surface area contributed by atoms with Crippen LogP contribution in [0.2, 0.25) is 0 Å². The predicted octanol–water partition coefficient (Wildman–Crippen LogP) is 7.31. The standard InChI is InChI=1S/C34H29F8N7OS/c35-16-9-33(5-1-7-49(33)12-16)15-50-31-45-27-19(30(46-31)48-13-17-4-6-32(14-48,47-17)10-23(37)38)8-21(34(40,41)42)25(26(27)39)18-2-3-22(36)28-24(18)20(11-43)29(44)51-28/h2-3,8,10,16-17,47H,1,4-7,9,12-15,44H2/t16-,17?,32?,33+/m1/s1. The zero-order chi connectivity index (χ0) is 36.0. The van der Waals surface area contributed by atoms with E-state index in [0.717, 1.165) is 24.6 Å². The number of nitrogens with zero attached hydrogens (tertiary/aromatic N) is 5. The van der Waals surface area contributed by atoms with Gasteiger partial charge in [0.1, 0.15) is 41.0 Å². The molecule has 2 aromatic heterocycles. The first-order chi connectivity index (χ1) is 24.2. The molecule has 4 atom stereocenters. The number of benzene rings is 2. The number of hydrogen-bond donors (Lipinski definition) is 2. The lowest BCUT2D eigenvalue weighted by molar-refractivity contribution is -0.137. The molecule has 51 heavy (non-hydrogen) atoms. The molecule has 268 valence electrons. The summed E-state index contributed by atoms with van der Waals surface area (Å²) in [4.78, 5) is 12.3. The summed E-state index contributed by atoms with van der Waals surface area (Å²) in [5, 5.41) is 12.2. The van der Waals surface area contributed by atoms with Crippen LogP contribution in [0, 0.1) is 23.0 Å². The third-order valence-corrected chi connectivity index (χ3v) is 11.7. The number of hydrogen-bond acceptors (Lipinski definition) is 9. The quantitative estimate of drug-likeness (QED) is 0.199. The Bertz CT molecular complexity index is 2160. The van der Waals surface area contributed by atoms with E-state index in [1.165, 1.54) is 4.90 Å². The van der Waals surface area contributed by atoms with Crippen LogP contribution in [0.15, 0.2) is 30.4 Å². The van der Waals surface area contributed by atoms with Crippen molar-refractivity contribution >= 4 is 43.1 Å². The Balaban J connectivity index is 1.35. The summed E-state index contributed by atoms with van der Waals surface area (Å²) in [5.74, 6) is -2.46. The summed E-state index contributed by atoms with van der Waals surface area (Å²) in [7, 11) is 0. The van der Waals surface area contributed by atoms with Crippen LogP contribution >= 0.6 is 11.3 Å². The number of fused-ring (bicyclic) bond motifs is 5. The van der Waals surface area contributed by atoms with Crippen molar-refractivity contribution in [3.8, 4) is 23.2 Å². The van der Waals surface area contributed by atoms with Gasteiger partial charge in [-0.1, -0.05) is 6.07 Å². The second-order valence-corrected chi connectivity index (χ2v) is 14.9. The fourth-order valence-corrected chi connectivity index (χ4v) is 9.53. The van der Waals surface area contributed by atoms with E-state index in [-0.39, 0.29) is 76.6 Å². The molecule has 4 aliphatic heterocycles. The Morgan fingerprint density at radius 3 is 2.75 bits per heavy atom. The van der Waals surface area contributed by atoms with Crippen LogP contribution in [0.3, 0.4) is 0 Å². The van der Waals surface area contributed by atoms with E-state index in [2.05, 4.69) is 15.3 Å². The van der Waals surface area contributed by atoms with Crippen molar-refractivity contribution in [2.75, 3.05) is 43.4 Å². The fraction of sp³-hybridized carbons (Fsp3) is 0.441. The molecule has 4 fully saturated rings. The number of thiophene rings is 1. The van der Waals surface area contributed by atoms with Crippen LogP contribution in [-0.4, -0.2) is 70.9 Å². The molecule has 8 nitrogen and oxygen atoms in total. The molecule has 0 spiro atoms. The van der Waals surface area contributed by atoms with E-state index >= 15 is 17.6 Å². The number of anilines is 2. The van der Waals surface area contributed by atoms with Crippen molar-refractivity contribution in [3.05, 3.63) is 53.1 Å². The third kappa shape index (κ3) is 5.53. The molecule has 8 rings (SSSR count). The number of rotatable bonds is 6. The van der Waals surface area contributed by atoms with Crippen molar-refractivity contribution in [2.45, 2.75) is 61.6 Å². The molecule has 0 aliphatic carbocycles. The van der Waals surface area contributed by atoms with Crippen LogP contribution in [-0.2, 0) is 6.18 Å². The average molecular weight is 736 g/mol. The molecule has 0 radical (unpaired) electrons. The van der Waals surface area contributed by atoms with Crippen molar-refractivity contribution in [3.63, 3.8) is 0 Å². The first-order valence-electron chi connectivity index (χ1n) is 16.3. The molecule has 6 heterocycles. The van der Waals surface area contributed by atoms with Gasteiger partial charge >= 0.3 is 12.2 Å². The Labute approximate surface area is 289 Å². The number of piperazine rings is 1. The highest BCUT2D eigenvalue weighted by Gasteiger charge is 2.50. The van der Waals surface area contributed by atoms with E-state index in [4.69, 9.17) is 10.5 Å². The number of nitrogens with one attached hydrogen (secondary N) is 1. The fourth-order valence-electron chi connectivity index (χ4n) is 8.58. The van der Waals surface area contributed by atoms with Crippen LogP contribution in [0.4, 0.5) is 45.9 Å². The molecule has 17 heteroatoms. The summed E-state index contributed by atoms with van der Waals surface area (Å²) >= 11 is 0.651. The van der Waals surface area contributed by atoms with Gasteiger partial charge in [0.05, 0.1) is 26.9 Å². The number of aromatic nitrogens is 2. The van der Waals surface area contributed by atoms with Crippen LogP contribution in [0.5, 0.6) is 6.01 Å². The molecular weight excluding hydrogens is 706 g/mol. The summed E-state index contributed by atoms with van der Waals surface area (Å²) in [5.41, 5.74) is 0.319. The third-order valence-electron chi connectivity index (χ3n) is 10.7. The Morgan fingerprint density at radius 1 is 1.20 bits per heavy atom. The van der Waals surface area contributed by atoms with Gasteiger partial charge in [0.2, 0.25) is 0 Å². The Morgan fingerprint density at radius 2 is 2.00 bits per heavy atom. The van der Waals surface area contributed by atoms with E-state index < -0.39 is 63.3 Å². The number of halogens is 8. The number of alkyl halides is 4. The minimum atomic E-state index is -5.17. The molecule has 0 saturated carbocycles. The molecule has 2 bridgehead atoms. The zero-order valence-corrected chi connectivity index (χ0v) is 27.5. The Hall–Kier alpha value is -4.27. The lowest BCUT2D eigenvalue weighted by Gasteiger charge is -2.40. The summed E-state index contributed by atoms with van der Waals surface area (Å²) in [6, 6.07) is 3.60. The average Bonchev–Trinajstić information content (AvgIpc) is 3.78. The van der Waals surface area contributed by atoms with Crippen LogP contribution in [0.25, 0.3) is 32.1 Å². The molecule has 4 aliphatic rings. The maximum Gasteiger partial charge on any atom is 0.417 e. The number of nitriles is 1. The second kappa shape index (κ2) is 11.9. The van der Waals surface area contributed by atoms with Crippen LogP contribution < -0.4 is 20.7 Å². The van der Waals surface area contributed by atoms with Gasteiger partial charge < -0.3 is 20.7 Å². The topological polar surface area (TPSA) is 103 Å². The van der Waals surface area contributed by atoms with Crippen molar-refractivity contribution in [2.24, 2.45) is 0 Å². The van der Waals surface area contributed by atoms with Gasteiger partial charge in [-0.2, -0.15) is 37.2 Å². The molecule has 2 unspecified atom stereocenters. The van der Waals surface area contributed by atoms with Gasteiger partial charge in [-0.3, -0.25) is 4.90 Å². The molecule has 4 saturated heterocycles. The Kier molecular flexibility index (Phi) is 7.89. The summed E-state index contributed by atoms with van der Waals surface area (Å²) in [6.45, 7) is 0.822. The highest BCUT2D eigenvalue weighted by molar-refractivity contribution is 7.23.